The number of carboxylic acid groups (broad SMARTS) is 1. The fourth-order valence-corrected chi connectivity index (χ4v) is 2.91. The Morgan fingerprint density at radius 1 is 1.55 bits per heavy atom. The van der Waals surface area contributed by atoms with E-state index in [-0.39, 0.29) is 0 Å². The lowest BCUT2D eigenvalue weighted by molar-refractivity contribution is -0.139. The molecule has 0 radical (unpaired) electrons. The maximum absolute atomic E-state index is 10.8. The molecule has 1 N–H and O–H groups in total. The van der Waals surface area contributed by atoms with E-state index in [9.17, 15) is 4.79 Å². The van der Waals surface area contributed by atoms with E-state index in [1.807, 2.05) is 19.1 Å². The summed E-state index contributed by atoms with van der Waals surface area (Å²) in [4.78, 5) is 15.1. The maximum atomic E-state index is 10.8. The van der Waals surface area contributed by atoms with E-state index < -0.39 is 18.2 Å². The maximum Gasteiger partial charge on any atom is 0.341 e. The van der Waals surface area contributed by atoms with Crippen LogP contribution in [0.1, 0.15) is 35.9 Å². The third kappa shape index (κ3) is 2.16. The molecule has 0 saturated heterocycles. The molecule has 0 fully saturated rings. The van der Waals surface area contributed by atoms with Crippen LogP contribution in [0.15, 0.2) is 29.0 Å². The van der Waals surface area contributed by atoms with Gasteiger partial charge in [0.1, 0.15) is 11.5 Å². The van der Waals surface area contributed by atoms with Gasteiger partial charge in [-0.25, -0.2) is 4.79 Å². The molecule has 6 heteroatoms. The molecule has 3 rings (SSSR count). The van der Waals surface area contributed by atoms with Gasteiger partial charge in [0.2, 0.25) is 0 Å². The summed E-state index contributed by atoms with van der Waals surface area (Å²) in [6.45, 7) is 3.73. The number of rotatable bonds is 5. The highest BCUT2D eigenvalue weighted by Gasteiger charge is 2.44. The first-order chi connectivity index (χ1) is 10.6. The summed E-state index contributed by atoms with van der Waals surface area (Å²) in [5.74, 6) is 0.175. The van der Waals surface area contributed by atoms with Crippen LogP contribution in [0.3, 0.4) is 0 Å². The molecular weight excluding hydrogens is 286 g/mol. The van der Waals surface area contributed by atoms with Crippen molar-refractivity contribution in [3.63, 3.8) is 0 Å². The first-order valence-corrected chi connectivity index (χ1v) is 7.10. The van der Waals surface area contributed by atoms with Crippen molar-refractivity contribution < 1.29 is 23.8 Å². The van der Waals surface area contributed by atoms with Crippen molar-refractivity contribution in [3.8, 4) is 5.75 Å². The second-order valence-electron chi connectivity index (χ2n) is 5.19. The summed E-state index contributed by atoms with van der Waals surface area (Å²) in [6.07, 6.45) is 4.05. The molecule has 0 saturated carbocycles. The predicted molar refractivity (Wildman–Crippen MR) is 76.7 cm³/mol. The van der Waals surface area contributed by atoms with E-state index in [0.717, 1.165) is 11.1 Å². The van der Waals surface area contributed by atoms with Gasteiger partial charge in [-0.1, -0.05) is 6.92 Å². The van der Waals surface area contributed by atoms with Crippen molar-refractivity contribution >= 4 is 5.97 Å². The lowest BCUT2D eigenvalue weighted by atomic mass is 9.88. The highest BCUT2D eigenvalue weighted by Crippen LogP contribution is 2.47. The van der Waals surface area contributed by atoms with Crippen LogP contribution in [-0.4, -0.2) is 22.7 Å². The van der Waals surface area contributed by atoms with Gasteiger partial charge in [-0.05, 0) is 25.5 Å². The third-order valence-electron chi connectivity index (χ3n) is 3.97. The second kappa shape index (κ2) is 5.46. The van der Waals surface area contributed by atoms with Crippen molar-refractivity contribution in [3.05, 3.63) is 47.2 Å². The van der Waals surface area contributed by atoms with Gasteiger partial charge < -0.3 is 19.0 Å². The molecule has 2 aromatic rings. The minimum Gasteiger partial charge on any atom is -0.480 e. The van der Waals surface area contributed by atoms with Crippen LogP contribution in [-0.2, 0) is 21.7 Å². The molecular formula is C16H17NO5. The number of carboxylic acids is 1. The lowest BCUT2D eigenvalue weighted by Crippen LogP contribution is -2.25. The zero-order valence-corrected chi connectivity index (χ0v) is 12.5. The van der Waals surface area contributed by atoms with Gasteiger partial charge in [0, 0.05) is 17.3 Å². The summed E-state index contributed by atoms with van der Waals surface area (Å²) in [5.41, 5.74) is 1.67. The first kappa shape index (κ1) is 14.6. The lowest BCUT2D eigenvalue weighted by Gasteiger charge is -2.25. The number of ether oxygens (including phenoxy) is 2. The van der Waals surface area contributed by atoms with Crippen LogP contribution in [0, 0.1) is 6.92 Å². The molecule has 3 heterocycles. The Labute approximate surface area is 127 Å². The van der Waals surface area contributed by atoms with Gasteiger partial charge in [0.05, 0.1) is 18.6 Å². The van der Waals surface area contributed by atoms with Crippen molar-refractivity contribution in [2.24, 2.45) is 0 Å². The van der Waals surface area contributed by atoms with Gasteiger partial charge in [-0.2, -0.15) is 0 Å². The van der Waals surface area contributed by atoms with Crippen molar-refractivity contribution in [2.75, 3.05) is 6.61 Å². The summed E-state index contributed by atoms with van der Waals surface area (Å²) in [7, 11) is 0. The van der Waals surface area contributed by atoms with E-state index in [1.54, 1.807) is 19.4 Å². The smallest absolute Gasteiger partial charge is 0.341 e. The van der Waals surface area contributed by atoms with Gasteiger partial charge >= 0.3 is 5.97 Å². The Balaban J connectivity index is 2.08. The number of nitrogens with zero attached hydrogens (tertiary/aromatic N) is 1. The topological polar surface area (TPSA) is 81.8 Å². The van der Waals surface area contributed by atoms with Crippen LogP contribution in [0.25, 0.3) is 0 Å². The monoisotopic (exact) mass is 303 g/mol. The number of furan rings is 1. The fraction of sp³-hybridized carbons (Fsp3) is 0.375. The highest BCUT2D eigenvalue weighted by atomic mass is 16.5. The molecule has 0 amide bonds. The molecule has 0 aromatic carbocycles. The molecule has 0 spiro atoms. The van der Waals surface area contributed by atoms with Crippen LogP contribution < -0.4 is 4.74 Å². The van der Waals surface area contributed by atoms with E-state index >= 15 is 0 Å². The quantitative estimate of drug-likeness (QED) is 0.914. The number of pyridine rings is 1. The van der Waals surface area contributed by atoms with E-state index in [1.165, 1.54) is 0 Å². The molecule has 22 heavy (non-hydrogen) atoms. The predicted octanol–water partition coefficient (Wildman–Crippen LogP) is 2.63. The number of carbonyl (C=O) groups is 1. The Hall–Kier alpha value is -2.34. The molecule has 0 aliphatic carbocycles. The van der Waals surface area contributed by atoms with E-state index in [4.69, 9.17) is 19.0 Å². The molecule has 1 aliphatic heterocycles. The zero-order chi connectivity index (χ0) is 15.7. The second-order valence-corrected chi connectivity index (χ2v) is 5.19. The van der Waals surface area contributed by atoms with E-state index in [2.05, 4.69) is 4.98 Å². The number of aromatic nitrogens is 1. The van der Waals surface area contributed by atoms with Gasteiger partial charge in [-0.15, -0.1) is 0 Å². The first-order valence-electron chi connectivity index (χ1n) is 7.10. The molecule has 6 nitrogen and oxygen atoms in total. The van der Waals surface area contributed by atoms with E-state index in [0.29, 0.717) is 30.2 Å². The normalized spacial score (nSPS) is 19.9. The summed E-state index contributed by atoms with van der Waals surface area (Å²) >= 11 is 0. The number of fused-ring (bicyclic) bond motifs is 1. The largest absolute Gasteiger partial charge is 0.480 e. The van der Waals surface area contributed by atoms with Gasteiger partial charge in [-0.3, -0.25) is 4.98 Å². The summed E-state index contributed by atoms with van der Waals surface area (Å²) < 4.78 is 17.0. The number of aliphatic carboxylic acids is 1. The van der Waals surface area contributed by atoms with Crippen LogP contribution in [0.4, 0.5) is 0 Å². The van der Waals surface area contributed by atoms with Crippen LogP contribution >= 0.6 is 0 Å². The Bertz CT molecular complexity index is 695. The molecule has 1 unspecified atom stereocenters. The average molecular weight is 303 g/mol. The zero-order valence-electron chi connectivity index (χ0n) is 12.5. The average Bonchev–Trinajstić information content (AvgIpc) is 3.13. The molecule has 0 bridgehead atoms. The van der Waals surface area contributed by atoms with Crippen molar-refractivity contribution in [1.29, 1.82) is 0 Å². The SMILES string of the molecule is CCC1(c2ccco2)OCc2c1cnc(C)c2OCC(=O)O. The molecule has 116 valence electrons. The van der Waals surface area contributed by atoms with Gasteiger partial charge in [0.25, 0.3) is 0 Å². The molecule has 2 aromatic heterocycles. The Kier molecular flexibility index (Phi) is 3.62. The Morgan fingerprint density at radius 2 is 2.36 bits per heavy atom. The van der Waals surface area contributed by atoms with Crippen molar-refractivity contribution in [1.82, 2.24) is 4.98 Å². The summed E-state index contributed by atoms with van der Waals surface area (Å²) in [6, 6.07) is 3.69. The molecule has 1 aliphatic rings. The minimum absolute atomic E-state index is 0.336. The fourth-order valence-electron chi connectivity index (χ4n) is 2.91. The Morgan fingerprint density at radius 3 is 3.00 bits per heavy atom. The molecule has 1 atom stereocenters. The van der Waals surface area contributed by atoms with Gasteiger partial charge in [0.15, 0.2) is 12.2 Å². The third-order valence-corrected chi connectivity index (χ3v) is 3.97. The van der Waals surface area contributed by atoms with Crippen molar-refractivity contribution in [2.45, 2.75) is 32.5 Å². The van der Waals surface area contributed by atoms with Crippen LogP contribution in [0.5, 0.6) is 5.75 Å². The highest BCUT2D eigenvalue weighted by molar-refractivity contribution is 5.68. The number of hydrogen-bond acceptors (Lipinski definition) is 5. The standard InChI is InChI=1S/C16H17NO5/c1-3-16(13-5-4-6-20-13)12-7-17-10(2)15(11(12)8-22-16)21-9-14(18)19/h4-7H,3,8-9H2,1-2H3,(H,18,19). The number of aryl methyl sites for hydroxylation is 1. The van der Waals surface area contributed by atoms with Crippen LogP contribution in [0.2, 0.25) is 0 Å². The summed E-state index contributed by atoms with van der Waals surface area (Å²) in [5, 5.41) is 8.82. The number of hydrogen-bond donors (Lipinski definition) is 1. The minimum atomic E-state index is -1.02.